The van der Waals surface area contributed by atoms with Gasteiger partial charge in [-0.05, 0) is 41.9 Å². The van der Waals surface area contributed by atoms with E-state index in [1.807, 2.05) is 29.9 Å². The first-order valence-electron chi connectivity index (χ1n) is 5.84. The minimum atomic E-state index is -0.352. The van der Waals surface area contributed by atoms with Gasteiger partial charge in [-0.15, -0.1) is 11.3 Å². The summed E-state index contributed by atoms with van der Waals surface area (Å²) in [6.45, 7) is 4.26. The van der Waals surface area contributed by atoms with Crippen molar-refractivity contribution in [3.63, 3.8) is 0 Å². The molecule has 0 atom stereocenters. The van der Waals surface area contributed by atoms with Gasteiger partial charge in [0.05, 0.1) is 5.69 Å². The van der Waals surface area contributed by atoms with Crippen LogP contribution in [0.3, 0.4) is 0 Å². The number of hydrogen-bond donors (Lipinski definition) is 1. The molecule has 2 N–H and O–H groups in total. The highest BCUT2D eigenvalue weighted by atomic mass is 79.9. The number of nitrogens with two attached hydrogens (primary N) is 1. The van der Waals surface area contributed by atoms with Gasteiger partial charge in [0.25, 0.3) is 0 Å². The van der Waals surface area contributed by atoms with E-state index in [4.69, 9.17) is 10.5 Å². The number of esters is 1. The van der Waals surface area contributed by atoms with Gasteiger partial charge in [0.1, 0.15) is 12.3 Å². The van der Waals surface area contributed by atoms with Crippen LogP contribution in [0.1, 0.15) is 35.3 Å². The average Bonchev–Trinajstić information content (AvgIpc) is 2.92. The SMILES string of the molecule is CC(C)n1cc(N)cc1C(=O)OCc1cc(Br)cs1. The Hall–Kier alpha value is -1.27. The summed E-state index contributed by atoms with van der Waals surface area (Å²) in [5, 5.41) is 1.96. The smallest absolute Gasteiger partial charge is 0.355 e. The zero-order valence-corrected chi connectivity index (χ0v) is 13.1. The highest BCUT2D eigenvalue weighted by Gasteiger charge is 2.16. The van der Waals surface area contributed by atoms with E-state index in [9.17, 15) is 4.79 Å². The lowest BCUT2D eigenvalue weighted by molar-refractivity contribution is 0.0462. The molecule has 2 rings (SSSR count). The number of thiophene rings is 1. The number of rotatable bonds is 4. The standard InChI is InChI=1S/C13H15BrN2O2S/c1-8(2)16-5-10(15)4-12(16)13(17)18-6-11-3-9(14)7-19-11/h3-5,7-8H,6,15H2,1-2H3. The van der Waals surface area contributed by atoms with Crippen LogP contribution in [0.15, 0.2) is 28.2 Å². The van der Waals surface area contributed by atoms with Gasteiger partial charge in [0.2, 0.25) is 0 Å². The Morgan fingerprint density at radius 1 is 1.53 bits per heavy atom. The highest BCUT2D eigenvalue weighted by Crippen LogP contribution is 2.22. The van der Waals surface area contributed by atoms with Gasteiger partial charge in [-0.2, -0.15) is 0 Å². The lowest BCUT2D eigenvalue weighted by Gasteiger charge is -2.11. The Kier molecular flexibility index (Phi) is 4.31. The summed E-state index contributed by atoms with van der Waals surface area (Å²) in [5.74, 6) is -0.352. The van der Waals surface area contributed by atoms with Crippen molar-refractivity contribution in [2.24, 2.45) is 0 Å². The van der Waals surface area contributed by atoms with E-state index in [1.54, 1.807) is 23.6 Å². The molecule has 0 aliphatic rings. The monoisotopic (exact) mass is 342 g/mol. The average molecular weight is 343 g/mol. The molecule has 0 spiro atoms. The number of halogens is 1. The largest absolute Gasteiger partial charge is 0.455 e. The molecule has 2 heterocycles. The molecule has 102 valence electrons. The summed E-state index contributed by atoms with van der Waals surface area (Å²) in [4.78, 5) is 13.1. The van der Waals surface area contributed by atoms with Crippen molar-refractivity contribution in [1.82, 2.24) is 4.57 Å². The predicted octanol–water partition coefficient (Wildman–Crippen LogP) is 3.83. The van der Waals surface area contributed by atoms with E-state index in [0.29, 0.717) is 11.4 Å². The Balaban J connectivity index is 2.07. The second kappa shape index (κ2) is 5.79. The summed E-state index contributed by atoms with van der Waals surface area (Å²) in [7, 11) is 0. The van der Waals surface area contributed by atoms with Gasteiger partial charge in [-0.25, -0.2) is 4.79 Å². The third kappa shape index (κ3) is 3.39. The lowest BCUT2D eigenvalue weighted by atomic mass is 10.3. The Bertz CT molecular complexity index is 589. The molecule has 0 unspecified atom stereocenters. The number of anilines is 1. The molecule has 2 aromatic heterocycles. The first-order chi connectivity index (χ1) is 8.97. The number of nitrogen functional groups attached to an aromatic ring is 1. The maximum Gasteiger partial charge on any atom is 0.355 e. The molecule has 0 bridgehead atoms. The van der Waals surface area contributed by atoms with Crippen molar-refractivity contribution in [2.45, 2.75) is 26.5 Å². The Morgan fingerprint density at radius 2 is 2.26 bits per heavy atom. The van der Waals surface area contributed by atoms with E-state index in [2.05, 4.69) is 15.9 Å². The van der Waals surface area contributed by atoms with E-state index >= 15 is 0 Å². The van der Waals surface area contributed by atoms with Crippen molar-refractivity contribution in [1.29, 1.82) is 0 Å². The Morgan fingerprint density at radius 3 is 2.84 bits per heavy atom. The second-order valence-corrected chi connectivity index (χ2v) is 6.38. The van der Waals surface area contributed by atoms with Gasteiger partial charge >= 0.3 is 5.97 Å². The third-order valence-corrected chi connectivity index (χ3v) is 4.27. The molecular weight excluding hydrogens is 328 g/mol. The molecule has 0 aliphatic heterocycles. The number of carbonyl (C=O) groups is 1. The van der Waals surface area contributed by atoms with Crippen molar-refractivity contribution in [3.8, 4) is 0 Å². The van der Waals surface area contributed by atoms with Gasteiger partial charge in [0, 0.05) is 27.0 Å². The van der Waals surface area contributed by atoms with Crippen molar-refractivity contribution < 1.29 is 9.53 Å². The number of carbonyl (C=O) groups excluding carboxylic acids is 1. The van der Waals surface area contributed by atoms with Gasteiger partial charge in [0.15, 0.2) is 0 Å². The number of aromatic nitrogens is 1. The quantitative estimate of drug-likeness (QED) is 0.859. The van der Waals surface area contributed by atoms with Crippen molar-refractivity contribution in [2.75, 3.05) is 5.73 Å². The van der Waals surface area contributed by atoms with Crippen LogP contribution in [0.2, 0.25) is 0 Å². The first-order valence-corrected chi connectivity index (χ1v) is 7.52. The molecule has 4 nitrogen and oxygen atoms in total. The highest BCUT2D eigenvalue weighted by molar-refractivity contribution is 9.10. The molecule has 0 saturated heterocycles. The summed E-state index contributed by atoms with van der Waals surface area (Å²) in [5.41, 5.74) is 6.79. The normalized spacial score (nSPS) is 10.9. The zero-order valence-electron chi connectivity index (χ0n) is 10.7. The van der Waals surface area contributed by atoms with Crippen LogP contribution in [0.25, 0.3) is 0 Å². The van der Waals surface area contributed by atoms with Crippen molar-refractivity contribution in [3.05, 3.63) is 38.8 Å². The van der Waals surface area contributed by atoms with Gasteiger partial charge < -0.3 is 15.0 Å². The molecule has 2 aromatic rings. The van der Waals surface area contributed by atoms with Crippen LogP contribution in [-0.2, 0) is 11.3 Å². The topological polar surface area (TPSA) is 57.2 Å². The van der Waals surface area contributed by atoms with E-state index < -0.39 is 0 Å². The van der Waals surface area contributed by atoms with Crippen LogP contribution < -0.4 is 5.73 Å². The summed E-state index contributed by atoms with van der Waals surface area (Å²) >= 11 is 4.91. The number of hydrogen-bond acceptors (Lipinski definition) is 4. The zero-order chi connectivity index (χ0) is 14.0. The molecular formula is C13H15BrN2O2S. The van der Waals surface area contributed by atoms with Gasteiger partial charge in [-0.1, -0.05) is 0 Å². The fourth-order valence-electron chi connectivity index (χ4n) is 1.73. The van der Waals surface area contributed by atoms with E-state index in [0.717, 1.165) is 9.35 Å². The second-order valence-electron chi connectivity index (χ2n) is 4.47. The van der Waals surface area contributed by atoms with Crippen LogP contribution in [0, 0.1) is 0 Å². The lowest BCUT2D eigenvalue weighted by Crippen LogP contribution is -2.12. The predicted molar refractivity (Wildman–Crippen MR) is 80.4 cm³/mol. The van der Waals surface area contributed by atoms with Crippen LogP contribution in [0.4, 0.5) is 5.69 Å². The minimum Gasteiger partial charge on any atom is -0.455 e. The van der Waals surface area contributed by atoms with E-state index in [-0.39, 0.29) is 18.6 Å². The van der Waals surface area contributed by atoms with Crippen molar-refractivity contribution >= 4 is 38.9 Å². The minimum absolute atomic E-state index is 0.163. The fraction of sp³-hybridized carbons (Fsp3) is 0.308. The summed E-state index contributed by atoms with van der Waals surface area (Å²) in [6, 6.07) is 3.75. The maximum absolute atomic E-state index is 12.1. The molecule has 0 saturated carbocycles. The first kappa shape index (κ1) is 14.1. The maximum atomic E-state index is 12.1. The third-order valence-electron chi connectivity index (χ3n) is 2.60. The molecule has 6 heteroatoms. The molecule has 0 amide bonds. The fourth-order valence-corrected chi connectivity index (χ4v) is 3.09. The molecule has 0 aromatic carbocycles. The van der Waals surface area contributed by atoms with Crippen LogP contribution in [-0.4, -0.2) is 10.5 Å². The number of nitrogens with zero attached hydrogens (tertiary/aromatic N) is 1. The Labute approximate surface area is 124 Å². The van der Waals surface area contributed by atoms with Crippen LogP contribution in [0.5, 0.6) is 0 Å². The van der Waals surface area contributed by atoms with Crippen LogP contribution >= 0.6 is 27.3 Å². The summed E-state index contributed by atoms with van der Waals surface area (Å²) < 4.78 is 8.13. The molecule has 0 fully saturated rings. The van der Waals surface area contributed by atoms with Gasteiger partial charge in [-0.3, -0.25) is 0 Å². The van der Waals surface area contributed by atoms with E-state index in [1.165, 1.54) is 0 Å². The molecule has 0 aliphatic carbocycles. The molecule has 19 heavy (non-hydrogen) atoms. The number of ether oxygens (including phenoxy) is 1. The summed E-state index contributed by atoms with van der Waals surface area (Å²) in [6.07, 6.45) is 1.75. The molecule has 0 radical (unpaired) electrons.